The lowest BCUT2D eigenvalue weighted by molar-refractivity contribution is -0.128. The Morgan fingerprint density at radius 2 is 2.00 bits per heavy atom. The van der Waals surface area contributed by atoms with Crippen LogP contribution in [-0.4, -0.2) is 16.7 Å². The normalized spacial score (nSPS) is 38.7. The molecule has 1 aliphatic heterocycles. The van der Waals surface area contributed by atoms with Crippen LogP contribution in [-0.2, 0) is 4.79 Å². The molecule has 2 aliphatic rings. The number of hydrogen-bond acceptors (Lipinski definition) is 5. The minimum Gasteiger partial charge on any atom is -0.371 e. The number of nitrogens with zero attached hydrogens (tertiary/aromatic N) is 3. The van der Waals surface area contributed by atoms with Gasteiger partial charge in [0.15, 0.2) is 10.8 Å². The molecule has 2 fully saturated rings. The Hall–Kier alpha value is -2.10. The van der Waals surface area contributed by atoms with Crippen molar-refractivity contribution in [3.05, 3.63) is 0 Å². The van der Waals surface area contributed by atoms with Crippen LogP contribution in [0.1, 0.15) is 32.6 Å². The first-order valence-corrected chi connectivity index (χ1v) is 6.22. The highest BCUT2D eigenvalue weighted by atomic mass is 16.3. The van der Waals surface area contributed by atoms with E-state index in [2.05, 4.69) is 5.32 Å². The smallest absolute Gasteiger partial charge is 0.245 e. The number of carbonyl (C=O) groups excluding carboxylic acids is 1. The molecule has 98 valence electrons. The fourth-order valence-electron chi connectivity index (χ4n) is 3.48. The van der Waals surface area contributed by atoms with Crippen molar-refractivity contribution in [2.24, 2.45) is 16.7 Å². The molecule has 0 aromatic rings. The minimum absolute atomic E-state index is 0.136. The van der Waals surface area contributed by atoms with E-state index in [1.165, 1.54) is 0 Å². The van der Waals surface area contributed by atoms with Crippen LogP contribution in [0.15, 0.2) is 0 Å². The van der Waals surface area contributed by atoms with E-state index in [9.17, 15) is 25.7 Å². The largest absolute Gasteiger partial charge is 0.371 e. The van der Waals surface area contributed by atoms with Gasteiger partial charge in [0.1, 0.15) is 5.72 Å². The monoisotopic (exact) mass is 258 g/mol. The molecule has 2 rings (SSSR count). The van der Waals surface area contributed by atoms with Gasteiger partial charge in [0.2, 0.25) is 5.91 Å². The van der Waals surface area contributed by atoms with E-state index >= 15 is 0 Å². The first-order chi connectivity index (χ1) is 8.93. The summed E-state index contributed by atoms with van der Waals surface area (Å²) in [6, 6.07) is 5.67. The molecule has 2 N–H and O–H groups in total. The van der Waals surface area contributed by atoms with Crippen LogP contribution in [0.2, 0.25) is 0 Å². The van der Waals surface area contributed by atoms with Gasteiger partial charge in [-0.2, -0.15) is 15.8 Å². The minimum atomic E-state index is -1.77. The Kier molecular flexibility index (Phi) is 2.77. The third-order valence-electron chi connectivity index (χ3n) is 4.34. The molecule has 1 saturated carbocycles. The fourth-order valence-corrected chi connectivity index (χ4v) is 3.48. The van der Waals surface area contributed by atoms with Crippen LogP contribution < -0.4 is 5.32 Å². The van der Waals surface area contributed by atoms with Gasteiger partial charge in [-0.05, 0) is 12.3 Å². The van der Waals surface area contributed by atoms with Crippen LogP contribution in [0.3, 0.4) is 0 Å². The maximum Gasteiger partial charge on any atom is 0.245 e. The lowest BCUT2D eigenvalue weighted by Gasteiger charge is -2.43. The Labute approximate surface area is 111 Å². The lowest BCUT2D eigenvalue weighted by Crippen LogP contribution is -2.53. The summed E-state index contributed by atoms with van der Waals surface area (Å²) >= 11 is 0. The van der Waals surface area contributed by atoms with Crippen molar-refractivity contribution in [1.82, 2.24) is 5.32 Å². The second-order valence-electron chi connectivity index (χ2n) is 5.40. The van der Waals surface area contributed by atoms with Gasteiger partial charge < -0.3 is 10.4 Å². The average molecular weight is 258 g/mol. The first-order valence-electron chi connectivity index (χ1n) is 6.22. The van der Waals surface area contributed by atoms with Crippen molar-refractivity contribution < 1.29 is 9.90 Å². The number of nitriles is 3. The molecule has 1 heterocycles. The second kappa shape index (κ2) is 3.95. The Morgan fingerprint density at radius 3 is 2.47 bits per heavy atom. The van der Waals surface area contributed by atoms with E-state index < -0.39 is 28.4 Å². The van der Waals surface area contributed by atoms with Crippen molar-refractivity contribution >= 4 is 5.91 Å². The predicted molar refractivity (Wildman–Crippen MR) is 62.4 cm³/mol. The van der Waals surface area contributed by atoms with Crippen molar-refractivity contribution in [2.75, 3.05) is 0 Å². The molecule has 0 radical (unpaired) electrons. The Balaban J connectivity index is 2.66. The van der Waals surface area contributed by atoms with Gasteiger partial charge in [-0.1, -0.05) is 13.3 Å². The summed E-state index contributed by atoms with van der Waals surface area (Å²) in [5.74, 6) is -1.20. The van der Waals surface area contributed by atoms with E-state index in [0.717, 1.165) is 0 Å². The van der Waals surface area contributed by atoms with Crippen LogP contribution in [0.25, 0.3) is 0 Å². The summed E-state index contributed by atoms with van der Waals surface area (Å²) in [5.41, 5.74) is -4.93. The van der Waals surface area contributed by atoms with Crippen molar-refractivity contribution in [1.29, 1.82) is 15.8 Å². The molecule has 19 heavy (non-hydrogen) atoms. The van der Waals surface area contributed by atoms with Gasteiger partial charge in [0.25, 0.3) is 0 Å². The number of aliphatic hydroxyl groups is 1. The van der Waals surface area contributed by atoms with E-state index in [4.69, 9.17) is 0 Å². The van der Waals surface area contributed by atoms with Crippen molar-refractivity contribution in [3.8, 4) is 18.2 Å². The molecular weight excluding hydrogens is 244 g/mol. The highest BCUT2D eigenvalue weighted by Gasteiger charge is 2.73. The predicted octanol–water partition coefficient (Wildman–Crippen LogP) is 0.558. The maximum atomic E-state index is 12.1. The lowest BCUT2D eigenvalue weighted by atomic mass is 9.52. The molecular formula is C13H14N4O2. The summed E-state index contributed by atoms with van der Waals surface area (Å²) in [7, 11) is 0. The second-order valence-corrected chi connectivity index (χ2v) is 5.40. The van der Waals surface area contributed by atoms with Gasteiger partial charge in [-0.15, -0.1) is 0 Å². The van der Waals surface area contributed by atoms with Gasteiger partial charge in [-0.25, -0.2) is 0 Å². The number of rotatable bonds is 2. The van der Waals surface area contributed by atoms with E-state index in [-0.39, 0.29) is 12.8 Å². The topological polar surface area (TPSA) is 121 Å². The molecule has 0 spiro atoms. The number of amides is 1. The zero-order valence-electron chi connectivity index (χ0n) is 10.6. The van der Waals surface area contributed by atoms with Crippen LogP contribution >= 0.6 is 0 Å². The molecule has 0 aromatic heterocycles. The molecule has 1 saturated heterocycles. The third kappa shape index (κ3) is 1.40. The SMILES string of the molecule is CCC[C@H]1C[C@]2(O)C[C@@](C#N)(C(=O)N2)C1(C#N)C#N. The highest BCUT2D eigenvalue weighted by Crippen LogP contribution is 2.60. The van der Waals surface area contributed by atoms with Crippen molar-refractivity contribution in [3.63, 3.8) is 0 Å². The zero-order chi connectivity index (χ0) is 14.3. The van der Waals surface area contributed by atoms with Crippen molar-refractivity contribution in [2.45, 2.75) is 38.3 Å². The van der Waals surface area contributed by atoms with E-state index in [0.29, 0.717) is 12.8 Å². The quantitative estimate of drug-likeness (QED) is 0.749. The summed E-state index contributed by atoms with van der Waals surface area (Å²) in [6.07, 6.45) is 1.16. The summed E-state index contributed by atoms with van der Waals surface area (Å²) in [6.45, 7) is 1.90. The Bertz CT molecular complexity index is 538. The standard InChI is InChI=1S/C13H14N4O2/c1-2-3-9-4-13(19)5-11(6-14,10(18)17-13)12(9,7-15)8-16/h9,19H,2-5H2,1H3,(H,17,18)/t9-,11+,13-/m0/s1. The molecule has 6 nitrogen and oxygen atoms in total. The van der Waals surface area contributed by atoms with E-state index in [1.807, 2.05) is 25.1 Å². The molecule has 1 amide bonds. The van der Waals surface area contributed by atoms with Gasteiger partial charge in [0.05, 0.1) is 18.2 Å². The number of hydrogen-bond donors (Lipinski definition) is 2. The van der Waals surface area contributed by atoms with Crippen LogP contribution in [0, 0.1) is 50.7 Å². The molecule has 3 atom stereocenters. The van der Waals surface area contributed by atoms with Gasteiger partial charge in [-0.3, -0.25) is 4.79 Å². The van der Waals surface area contributed by atoms with Gasteiger partial charge >= 0.3 is 0 Å². The highest BCUT2D eigenvalue weighted by molar-refractivity contribution is 5.91. The van der Waals surface area contributed by atoms with Crippen LogP contribution in [0.5, 0.6) is 0 Å². The van der Waals surface area contributed by atoms with E-state index in [1.54, 1.807) is 0 Å². The third-order valence-corrected chi connectivity index (χ3v) is 4.34. The maximum absolute atomic E-state index is 12.1. The summed E-state index contributed by atoms with van der Waals surface area (Å²) in [5, 5.41) is 41.1. The Morgan fingerprint density at radius 1 is 1.37 bits per heavy atom. The number of fused-ring (bicyclic) bond motifs is 2. The molecule has 2 bridgehead atoms. The van der Waals surface area contributed by atoms with Crippen LogP contribution in [0.4, 0.5) is 0 Å². The molecule has 0 aromatic carbocycles. The fraction of sp³-hybridized carbons (Fsp3) is 0.692. The number of nitrogens with one attached hydrogen (secondary N) is 1. The summed E-state index contributed by atoms with van der Waals surface area (Å²) in [4.78, 5) is 12.1. The molecule has 6 heteroatoms. The average Bonchev–Trinajstić information content (AvgIpc) is 2.60. The molecule has 1 aliphatic carbocycles. The zero-order valence-corrected chi connectivity index (χ0v) is 10.6. The summed E-state index contributed by atoms with van der Waals surface area (Å²) < 4.78 is 0. The number of carbonyl (C=O) groups is 1. The molecule has 0 unspecified atom stereocenters. The van der Waals surface area contributed by atoms with Gasteiger partial charge in [0, 0.05) is 12.8 Å². The first kappa shape index (κ1) is 13.3.